The molecule has 0 aromatic heterocycles. The maximum absolute atomic E-state index is 11.0. The number of aromatic carboxylic acids is 1. The molecule has 1 aromatic carbocycles. The zero-order valence-corrected chi connectivity index (χ0v) is 10.8. The molecule has 92 valence electrons. The van der Waals surface area contributed by atoms with E-state index in [1.54, 1.807) is 6.07 Å². The maximum Gasteiger partial charge on any atom is 0.339 e. The Morgan fingerprint density at radius 1 is 1.53 bits per heavy atom. The number of aromatic hydroxyl groups is 1. The minimum atomic E-state index is -1.15. The Morgan fingerprint density at radius 2 is 2.18 bits per heavy atom. The van der Waals surface area contributed by atoms with Crippen LogP contribution in [0, 0.1) is 5.92 Å². The van der Waals surface area contributed by atoms with E-state index in [2.05, 4.69) is 15.9 Å². The van der Waals surface area contributed by atoms with Crippen LogP contribution in [-0.2, 0) is 0 Å². The van der Waals surface area contributed by atoms with Gasteiger partial charge in [0.2, 0.25) is 0 Å². The Labute approximate surface area is 108 Å². The van der Waals surface area contributed by atoms with E-state index in [0.717, 1.165) is 6.42 Å². The van der Waals surface area contributed by atoms with E-state index in [-0.39, 0.29) is 17.4 Å². The lowest BCUT2D eigenvalue weighted by Crippen LogP contribution is -2.12. The Bertz CT molecular complexity index is 457. The molecule has 1 saturated carbocycles. The van der Waals surface area contributed by atoms with Crippen LogP contribution in [0.4, 0.5) is 0 Å². The number of hydrogen-bond acceptors (Lipinski definition) is 3. The number of carboxylic acids is 1. The van der Waals surface area contributed by atoms with E-state index in [0.29, 0.717) is 16.0 Å². The number of nitrogens with two attached hydrogens (primary N) is 1. The fourth-order valence-electron chi connectivity index (χ4n) is 1.91. The molecule has 0 bridgehead atoms. The molecule has 0 saturated heterocycles. The first-order valence-electron chi connectivity index (χ1n) is 5.50. The van der Waals surface area contributed by atoms with Crippen LogP contribution in [-0.4, -0.2) is 16.2 Å². The average Bonchev–Trinajstić information content (AvgIpc) is 3.04. The Morgan fingerprint density at radius 3 is 2.71 bits per heavy atom. The predicted octanol–water partition coefficient (Wildman–Crippen LogP) is 2.65. The molecule has 1 atom stereocenters. The summed E-state index contributed by atoms with van der Waals surface area (Å²) in [6.07, 6.45) is 3.14. The van der Waals surface area contributed by atoms with Crippen molar-refractivity contribution in [3.05, 3.63) is 27.7 Å². The van der Waals surface area contributed by atoms with Gasteiger partial charge in [-0.2, -0.15) is 0 Å². The summed E-state index contributed by atoms with van der Waals surface area (Å²) in [6, 6.07) is 2.76. The molecule has 0 heterocycles. The first kappa shape index (κ1) is 12.4. The van der Waals surface area contributed by atoms with Gasteiger partial charge in [-0.15, -0.1) is 0 Å². The molecule has 1 aromatic rings. The number of halogens is 1. The van der Waals surface area contributed by atoms with Crippen molar-refractivity contribution in [1.29, 1.82) is 0 Å². The second kappa shape index (κ2) is 4.66. The van der Waals surface area contributed by atoms with E-state index in [4.69, 9.17) is 10.8 Å². The monoisotopic (exact) mass is 299 g/mol. The summed E-state index contributed by atoms with van der Waals surface area (Å²) in [5, 5.41) is 18.9. The number of phenols is 1. The summed E-state index contributed by atoms with van der Waals surface area (Å²) in [5.41, 5.74) is 6.39. The molecular formula is C12H14BrNO3. The van der Waals surface area contributed by atoms with Gasteiger partial charge in [0, 0.05) is 16.1 Å². The molecule has 1 aliphatic rings. The lowest BCUT2D eigenvalue weighted by Gasteiger charge is -2.15. The third-order valence-corrected chi connectivity index (χ3v) is 3.48. The molecule has 2 rings (SSSR count). The number of rotatable bonds is 4. The highest BCUT2D eigenvalue weighted by molar-refractivity contribution is 9.10. The van der Waals surface area contributed by atoms with Gasteiger partial charge in [0.1, 0.15) is 11.3 Å². The topological polar surface area (TPSA) is 83.6 Å². The lowest BCUT2D eigenvalue weighted by atomic mass is 9.98. The summed E-state index contributed by atoms with van der Waals surface area (Å²) in [6.45, 7) is 0. The Kier molecular flexibility index (Phi) is 3.40. The summed E-state index contributed by atoms with van der Waals surface area (Å²) in [4.78, 5) is 11.0. The molecule has 5 heteroatoms. The van der Waals surface area contributed by atoms with Gasteiger partial charge in [-0.25, -0.2) is 4.79 Å². The Hall–Kier alpha value is -1.07. The molecule has 0 unspecified atom stereocenters. The minimum absolute atomic E-state index is 0.111. The van der Waals surface area contributed by atoms with Gasteiger partial charge in [0.15, 0.2) is 0 Å². The summed E-state index contributed by atoms with van der Waals surface area (Å²) in [5.74, 6) is -0.741. The van der Waals surface area contributed by atoms with E-state index < -0.39 is 5.97 Å². The van der Waals surface area contributed by atoms with Crippen LogP contribution in [0.2, 0.25) is 0 Å². The lowest BCUT2D eigenvalue weighted by molar-refractivity contribution is 0.0693. The molecule has 1 fully saturated rings. The second-order valence-corrected chi connectivity index (χ2v) is 5.40. The van der Waals surface area contributed by atoms with Crippen molar-refractivity contribution >= 4 is 21.9 Å². The number of benzene rings is 1. The maximum atomic E-state index is 11.0. The number of hydrogen-bond donors (Lipinski definition) is 3. The third kappa shape index (κ3) is 2.79. The highest BCUT2D eigenvalue weighted by Crippen LogP contribution is 2.40. The number of carboxylic acid groups (broad SMARTS) is 1. The normalized spacial score (nSPS) is 16.8. The molecule has 0 spiro atoms. The van der Waals surface area contributed by atoms with Crippen molar-refractivity contribution in [2.75, 3.05) is 0 Å². The molecule has 4 N–H and O–H groups in total. The fourth-order valence-corrected chi connectivity index (χ4v) is 2.38. The van der Waals surface area contributed by atoms with Crippen LogP contribution < -0.4 is 5.73 Å². The van der Waals surface area contributed by atoms with Gasteiger partial charge in [0.25, 0.3) is 0 Å². The van der Waals surface area contributed by atoms with Gasteiger partial charge in [-0.1, -0.05) is 28.8 Å². The first-order valence-corrected chi connectivity index (χ1v) is 6.29. The highest BCUT2D eigenvalue weighted by Gasteiger charge is 2.27. The van der Waals surface area contributed by atoms with Gasteiger partial charge < -0.3 is 15.9 Å². The van der Waals surface area contributed by atoms with Crippen LogP contribution in [0.5, 0.6) is 5.75 Å². The smallest absolute Gasteiger partial charge is 0.339 e. The molecule has 0 aliphatic heterocycles. The summed E-state index contributed by atoms with van der Waals surface area (Å²) in [7, 11) is 0. The van der Waals surface area contributed by atoms with Crippen molar-refractivity contribution in [3.8, 4) is 5.75 Å². The van der Waals surface area contributed by atoms with Crippen molar-refractivity contribution in [1.82, 2.24) is 0 Å². The van der Waals surface area contributed by atoms with Gasteiger partial charge in [-0.3, -0.25) is 0 Å². The van der Waals surface area contributed by atoms with E-state index in [9.17, 15) is 9.90 Å². The predicted molar refractivity (Wildman–Crippen MR) is 67.0 cm³/mol. The van der Waals surface area contributed by atoms with Gasteiger partial charge in [0.05, 0.1) is 0 Å². The van der Waals surface area contributed by atoms with E-state index >= 15 is 0 Å². The van der Waals surface area contributed by atoms with Crippen molar-refractivity contribution < 1.29 is 15.0 Å². The third-order valence-electron chi connectivity index (χ3n) is 3.02. The molecule has 0 amide bonds. The standard InChI is InChI=1S/C12H14BrNO3/c13-7-4-8(10(14)3-6-1-2-6)11(15)9(5-7)12(16)17/h4-6,10,15H,1-3,14H2,(H,16,17)/t10-/m0/s1. The molecule has 0 radical (unpaired) electrons. The molecular weight excluding hydrogens is 286 g/mol. The zero-order valence-electron chi connectivity index (χ0n) is 9.19. The van der Waals surface area contributed by atoms with Gasteiger partial charge in [-0.05, 0) is 24.5 Å². The average molecular weight is 300 g/mol. The SMILES string of the molecule is N[C@@H](CC1CC1)c1cc(Br)cc(C(=O)O)c1O. The Balaban J connectivity index is 2.34. The largest absolute Gasteiger partial charge is 0.507 e. The summed E-state index contributed by atoms with van der Waals surface area (Å²) < 4.78 is 0.619. The van der Waals surface area contributed by atoms with Crippen LogP contribution in [0.1, 0.15) is 41.2 Å². The van der Waals surface area contributed by atoms with Crippen LogP contribution in [0.15, 0.2) is 16.6 Å². The molecule has 1 aliphatic carbocycles. The first-order chi connectivity index (χ1) is 7.99. The van der Waals surface area contributed by atoms with Crippen LogP contribution in [0.25, 0.3) is 0 Å². The molecule has 4 nitrogen and oxygen atoms in total. The fraction of sp³-hybridized carbons (Fsp3) is 0.417. The number of carbonyl (C=O) groups is 1. The second-order valence-electron chi connectivity index (χ2n) is 4.48. The van der Waals surface area contributed by atoms with E-state index in [1.165, 1.54) is 18.9 Å². The van der Waals surface area contributed by atoms with Crippen LogP contribution >= 0.6 is 15.9 Å². The zero-order chi connectivity index (χ0) is 12.6. The van der Waals surface area contributed by atoms with Crippen molar-refractivity contribution in [3.63, 3.8) is 0 Å². The quantitative estimate of drug-likeness (QED) is 0.798. The van der Waals surface area contributed by atoms with Crippen molar-refractivity contribution in [2.24, 2.45) is 11.7 Å². The minimum Gasteiger partial charge on any atom is -0.507 e. The molecule has 17 heavy (non-hydrogen) atoms. The van der Waals surface area contributed by atoms with Crippen molar-refractivity contribution in [2.45, 2.75) is 25.3 Å². The van der Waals surface area contributed by atoms with E-state index in [1.807, 2.05) is 0 Å². The van der Waals surface area contributed by atoms with Crippen LogP contribution in [0.3, 0.4) is 0 Å². The summed E-state index contributed by atoms with van der Waals surface area (Å²) >= 11 is 3.24. The van der Waals surface area contributed by atoms with Gasteiger partial charge >= 0.3 is 5.97 Å². The highest BCUT2D eigenvalue weighted by atomic mass is 79.9.